The lowest BCUT2D eigenvalue weighted by atomic mass is 9.90. The minimum atomic E-state index is -4.48. The lowest BCUT2D eigenvalue weighted by Gasteiger charge is -2.16. The fraction of sp³-hybridized carbons (Fsp3) is 0.154. The molecule has 182 valence electrons. The summed E-state index contributed by atoms with van der Waals surface area (Å²) in [6, 6.07) is 18.7. The number of nitrogens with one attached hydrogen (secondary N) is 1. The van der Waals surface area contributed by atoms with Crippen LogP contribution in [0, 0.1) is 17.2 Å². The summed E-state index contributed by atoms with van der Waals surface area (Å²) in [5.41, 5.74) is 2.15. The second kappa shape index (κ2) is 9.92. The van der Waals surface area contributed by atoms with E-state index >= 15 is 0 Å². The largest absolute Gasteiger partial charge is 0.478 e. The summed E-state index contributed by atoms with van der Waals surface area (Å²) in [6.07, 6.45) is -4.02. The summed E-state index contributed by atoms with van der Waals surface area (Å²) in [4.78, 5) is 24.0. The quantitative estimate of drug-likeness (QED) is 0.498. The lowest BCUT2D eigenvalue weighted by Crippen LogP contribution is -2.31. The molecule has 2 N–H and O–H groups in total. The van der Waals surface area contributed by atoms with E-state index in [-0.39, 0.29) is 23.7 Å². The number of hydrogen-bond acceptors (Lipinski definition) is 4. The van der Waals surface area contributed by atoms with Gasteiger partial charge >= 0.3 is 18.2 Å². The third-order valence-electron chi connectivity index (χ3n) is 5.70. The Kier molecular flexibility index (Phi) is 6.74. The summed E-state index contributed by atoms with van der Waals surface area (Å²) in [6.45, 7) is 0.197. The number of hydrogen-bond donors (Lipinski definition) is 2. The number of carboxylic acid groups (broad SMARTS) is 1. The number of halogens is 3. The van der Waals surface area contributed by atoms with Crippen LogP contribution in [0.1, 0.15) is 32.6 Å². The van der Waals surface area contributed by atoms with Gasteiger partial charge in [-0.1, -0.05) is 24.3 Å². The van der Waals surface area contributed by atoms with E-state index in [2.05, 4.69) is 10.4 Å². The SMILES string of the molecule is N#Cc1ccc(C2=NN(C(=O)Nc3ccc(C(F)(F)F)cc3)CC2Cc2ccc(C(=O)O)cc2)cc1. The van der Waals surface area contributed by atoms with Crippen molar-refractivity contribution in [3.63, 3.8) is 0 Å². The number of carbonyl (C=O) groups is 2. The molecule has 0 aromatic heterocycles. The Morgan fingerprint density at radius 3 is 2.22 bits per heavy atom. The number of urea groups is 1. The van der Waals surface area contributed by atoms with E-state index in [0.29, 0.717) is 23.3 Å². The average Bonchev–Trinajstić information content (AvgIpc) is 3.28. The maximum atomic E-state index is 12.9. The van der Waals surface area contributed by atoms with Crippen LogP contribution in [0.15, 0.2) is 77.9 Å². The topological polar surface area (TPSA) is 106 Å². The van der Waals surface area contributed by atoms with Gasteiger partial charge in [0.05, 0.1) is 35.0 Å². The fourth-order valence-electron chi connectivity index (χ4n) is 3.84. The van der Waals surface area contributed by atoms with E-state index in [1.54, 1.807) is 36.4 Å². The highest BCUT2D eigenvalue weighted by molar-refractivity contribution is 6.05. The van der Waals surface area contributed by atoms with Gasteiger partial charge in [0.1, 0.15) is 0 Å². The summed E-state index contributed by atoms with van der Waals surface area (Å²) in [5.74, 6) is -1.28. The van der Waals surface area contributed by atoms with Crippen molar-refractivity contribution >= 4 is 23.4 Å². The van der Waals surface area contributed by atoms with Crippen molar-refractivity contribution in [2.75, 3.05) is 11.9 Å². The van der Waals surface area contributed by atoms with E-state index in [4.69, 9.17) is 10.4 Å². The number of alkyl halides is 3. The molecule has 36 heavy (non-hydrogen) atoms. The zero-order chi connectivity index (χ0) is 25.9. The number of hydrazone groups is 1. The molecule has 0 fully saturated rings. The number of anilines is 1. The minimum absolute atomic E-state index is 0.156. The fourth-order valence-corrected chi connectivity index (χ4v) is 3.84. The van der Waals surface area contributed by atoms with Gasteiger partial charge in [0, 0.05) is 11.6 Å². The molecule has 0 saturated heterocycles. The zero-order valence-corrected chi connectivity index (χ0v) is 18.7. The molecule has 0 aliphatic carbocycles. The highest BCUT2D eigenvalue weighted by Gasteiger charge is 2.32. The first kappa shape index (κ1) is 24.5. The number of nitriles is 1. The van der Waals surface area contributed by atoms with Crippen molar-refractivity contribution in [1.82, 2.24) is 5.01 Å². The summed E-state index contributed by atoms with van der Waals surface area (Å²) in [7, 11) is 0. The van der Waals surface area contributed by atoms with E-state index in [9.17, 15) is 22.8 Å². The Labute approximate surface area is 204 Å². The van der Waals surface area contributed by atoms with Crippen LogP contribution < -0.4 is 5.32 Å². The Morgan fingerprint density at radius 2 is 1.67 bits per heavy atom. The normalized spacial score (nSPS) is 15.2. The predicted octanol–water partition coefficient (Wildman–Crippen LogP) is 5.39. The molecule has 0 bridgehead atoms. The molecule has 3 aromatic carbocycles. The van der Waals surface area contributed by atoms with Gasteiger partial charge in [-0.05, 0) is 66.1 Å². The molecule has 1 atom stereocenters. The van der Waals surface area contributed by atoms with E-state index in [0.717, 1.165) is 17.7 Å². The molecule has 0 spiro atoms. The van der Waals surface area contributed by atoms with Gasteiger partial charge in [-0.25, -0.2) is 14.6 Å². The molecule has 0 saturated carbocycles. The minimum Gasteiger partial charge on any atom is -0.478 e. The molecular formula is C26H19F3N4O3. The number of carbonyl (C=O) groups excluding carboxylic acids is 1. The molecule has 1 heterocycles. The molecule has 1 unspecified atom stereocenters. The maximum Gasteiger partial charge on any atom is 0.416 e. The number of rotatable bonds is 5. The van der Waals surface area contributed by atoms with Gasteiger partial charge in [-0.2, -0.15) is 23.5 Å². The molecule has 4 rings (SSSR count). The monoisotopic (exact) mass is 492 g/mol. The van der Waals surface area contributed by atoms with Crippen molar-refractivity contribution in [3.8, 4) is 6.07 Å². The third-order valence-corrected chi connectivity index (χ3v) is 5.70. The van der Waals surface area contributed by atoms with Crippen molar-refractivity contribution in [1.29, 1.82) is 5.26 Å². The number of amides is 2. The number of carboxylic acids is 1. The van der Waals surface area contributed by atoms with Crippen molar-refractivity contribution < 1.29 is 27.9 Å². The van der Waals surface area contributed by atoms with Crippen LogP contribution in [-0.4, -0.2) is 34.4 Å². The highest BCUT2D eigenvalue weighted by atomic mass is 19.4. The summed E-state index contributed by atoms with van der Waals surface area (Å²) >= 11 is 0. The Hall–Kier alpha value is -4.65. The Balaban J connectivity index is 1.55. The van der Waals surface area contributed by atoms with Gasteiger partial charge < -0.3 is 10.4 Å². The molecule has 3 aromatic rings. The van der Waals surface area contributed by atoms with Crippen LogP contribution in [0.2, 0.25) is 0 Å². The first-order chi connectivity index (χ1) is 17.1. The van der Waals surface area contributed by atoms with E-state index in [1.165, 1.54) is 29.3 Å². The Bertz CT molecular complexity index is 1340. The van der Waals surface area contributed by atoms with Gasteiger partial charge in [0.15, 0.2) is 0 Å². The smallest absolute Gasteiger partial charge is 0.416 e. The molecular weight excluding hydrogens is 473 g/mol. The average molecular weight is 492 g/mol. The zero-order valence-electron chi connectivity index (χ0n) is 18.7. The van der Waals surface area contributed by atoms with Gasteiger partial charge in [0.2, 0.25) is 0 Å². The molecule has 1 aliphatic heterocycles. The second-order valence-electron chi connectivity index (χ2n) is 8.16. The van der Waals surface area contributed by atoms with Crippen molar-refractivity contribution in [2.24, 2.45) is 11.0 Å². The molecule has 10 heteroatoms. The van der Waals surface area contributed by atoms with Crippen LogP contribution >= 0.6 is 0 Å². The lowest BCUT2D eigenvalue weighted by molar-refractivity contribution is -0.137. The van der Waals surface area contributed by atoms with Gasteiger partial charge in [-0.3, -0.25) is 0 Å². The first-order valence-corrected chi connectivity index (χ1v) is 10.8. The van der Waals surface area contributed by atoms with Crippen LogP contribution in [-0.2, 0) is 12.6 Å². The molecule has 0 radical (unpaired) electrons. The van der Waals surface area contributed by atoms with Crippen LogP contribution in [0.5, 0.6) is 0 Å². The van der Waals surface area contributed by atoms with Crippen LogP contribution in [0.25, 0.3) is 0 Å². The van der Waals surface area contributed by atoms with Crippen molar-refractivity contribution in [3.05, 3.63) is 101 Å². The number of nitrogens with zero attached hydrogens (tertiary/aromatic N) is 3. The highest BCUT2D eigenvalue weighted by Crippen LogP contribution is 2.30. The van der Waals surface area contributed by atoms with E-state index in [1.807, 2.05) is 6.07 Å². The van der Waals surface area contributed by atoms with Gasteiger partial charge in [-0.15, -0.1) is 0 Å². The van der Waals surface area contributed by atoms with Crippen LogP contribution in [0.3, 0.4) is 0 Å². The maximum absolute atomic E-state index is 12.9. The predicted molar refractivity (Wildman–Crippen MR) is 125 cm³/mol. The molecule has 2 amide bonds. The van der Waals surface area contributed by atoms with Crippen molar-refractivity contribution in [2.45, 2.75) is 12.6 Å². The molecule has 7 nitrogen and oxygen atoms in total. The van der Waals surface area contributed by atoms with Crippen LogP contribution in [0.4, 0.5) is 23.7 Å². The van der Waals surface area contributed by atoms with Gasteiger partial charge in [0.25, 0.3) is 0 Å². The standard InChI is InChI=1S/C26H19F3N4O3/c27-26(28,29)21-9-11-22(12-10-21)31-25(36)33-15-20(13-16-1-7-19(8-2-16)24(34)35)23(32-33)18-5-3-17(14-30)4-6-18/h1-12,20H,13,15H2,(H,31,36)(H,34,35). The number of benzene rings is 3. The summed E-state index contributed by atoms with van der Waals surface area (Å²) < 4.78 is 38.4. The number of aromatic carboxylic acids is 1. The third kappa shape index (κ3) is 5.52. The molecule has 1 aliphatic rings. The first-order valence-electron chi connectivity index (χ1n) is 10.8. The second-order valence-corrected chi connectivity index (χ2v) is 8.16. The van der Waals surface area contributed by atoms with E-state index < -0.39 is 23.7 Å². The summed E-state index contributed by atoms with van der Waals surface area (Å²) in [5, 5.41) is 26.4. The Morgan fingerprint density at radius 1 is 1.03 bits per heavy atom.